The van der Waals surface area contributed by atoms with Crippen molar-refractivity contribution in [3.63, 3.8) is 0 Å². The van der Waals surface area contributed by atoms with Crippen LogP contribution in [0.4, 0.5) is 0 Å². The van der Waals surface area contributed by atoms with Gasteiger partial charge in [0.25, 0.3) is 0 Å². The second-order valence-corrected chi connectivity index (χ2v) is 5.42. The smallest absolute Gasteiger partial charge is 0.312 e. The van der Waals surface area contributed by atoms with E-state index in [2.05, 4.69) is 0 Å². The van der Waals surface area contributed by atoms with Crippen LogP contribution < -0.4 is 0 Å². The van der Waals surface area contributed by atoms with Crippen molar-refractivity contribution in [2.24, 2.45) is 11.8 Å². The lowest BCUT2D eigenvalue weighted by atomic mass is 9.86. The van der Waals surface area contributed by atoms with Gasteiger partial charge >= 0.3 is 5.97 Å². The van der Waals surface area contributed by atoms with Crippen molar-refractivity contribution in [1.29, 1.82) is 0 Å². The molecule has 3 nitrogen and oxygen atoms in total. The third kappa shape index (κ3) is 3.85. The number of carbonyl (C=O) groups is 1. The Morgan fingerprint density at radius 2 is 1.84 bits per heavy atom. The van der Waals surface area contributed by atoms with E-state index >= 15 is 0 Å². The van der Waals surface area contributed by atoms with Gasteiger partial charge in [0.2, 0.25) is 0 Å². The molecule has 0 saturated carbocycles. The summed E-state index contributed by atoms with van der Waals surface area (Å²) in [6.45, 7) is 5.68. The van der Waals surface area contributed by atoms with Crippen molar-refractivity contribution in [2.75, 3.05) is 6.61 Å². The van der Waals surface area contributed by atoms with Gasteiger partial charge in [-0.25, -0.2) is 0 Å². The highest BCUT2D eigenvalue weighted by Crippen LogP contribution is 2.37. The second kappa shape index (κ2) is 7.13. The zero-order valence-electron chi connectivity index (χ0n) is 11.2. The lowest BCUT2D eigenvalue weighted by molar-refractivity contribution is -0.154. The monoisotopic (exact) mass is 304 g/mol. The van der Waals surface area contributed by atoms with Gasteiger partial charge in [-0.05, 0) is 25.0 Å². The third-order valence-corrected chi connectivity index (χ3v) is 3.57. The molecule has 2 unspecified atom stereocenters. The number of benzene rings is 1. The fraction of sp³-hybridized carbons (Fsp3) is 0.500. The van der Waals surface area contributed by atoms with Gasteiger partial charge in [0.05, 0.1) is 18.6 Å². The fourth-order valence-corrected chi connectivity index (χ4v) is 2.60. The summed E-state index contributed by atoms with van der Waals surface area (Å²) in [5.41, 5.74) is 0.373. The quantitative estimate of drug-likeness (QED) is 0.840. The van der Waals surface area contributed by atoms with Gasteiger partial charge in [-0.15, -0.1) is 0 Å². The van der Waals surface area contributed by atoms with Crippen LogP contribution in [0.25, 0.3) is 0 Å². The van der Waals surface area contributed by atoms with Crippen LogP contribution >= 0.6 is 23.2 Å². The minimum atomic E-state index is -1.08. The largest absolute Gasteiger partial charge is 0.466 e. The molecule has 0 heterocycles. The SMILES string of the molecule is CCOC(=O)C(C(C)C)C(O)c1c(Cl)cccc1Cl. The Kier molecular flexibility index (Phi) is 6.11. The first-order valence-electron chi connectivity index (χ1n) is 6.18. The standard InChI is InChI=1S/C14H18Cl2O3/c1-4-19-14(18)11(8(2)3)13(17)12-9(15)6-5-7-10(12)16/h5-8,11,13,17H,4H2,1-3H3. The molecule has 0 spiro atoms. The Morgan fingerprint density at radius 3 is 2.26 bits per heavy atom. The highest BCUT2D eigenvalue weighted by molar-refractivity contribution is 6.36. The van der Waals surface area contributed by atoms with Crippen LogP contribution in [0.5, 0.6) is 0 Å². The molecule has 2 atom stereocenters. The molecule has 0 aliphatic rings. The molecule has 0 aliphatic carbocycles. The highest BCUT2D eigenvalue weighted by Gasteiger charge is 2.34. The molecule has 0 radical (unpaired) electrons. The van der Waals surface area contributed by atoms with E-state index in [0.717, 1.165) is 0 Å². The van der Waals surface area contributed by atoms with Gasteiger partial charge in [0.15, 0.2) is 0 Å². The van der Waals surface area contributed by atoms with Crippen LogP contribution in [-0.2, 0) is 9.53 Å². The second-order valence-electron chi connectivity index (χ2n) is 4.60. The van der Waals surface area contributed by atoms with Crippen molar-refractivity contribution in [3.05, 3.63) is 33.8 Å². The van der Waals surface area contributed by atoms with Gasteiger partial charge in [0.1, 0.15) is 0 Å². The van der Waals surface area contributed by atoms with E-state index in [4.69, 9.17) is 27.9 Å². The average Bonchev–Trinajstić information content (AvgIpc) is 2.28. The number of esters is 1. The molecular formula is C14H18Cl2O3. The number of carbonyl (C=O) groups excluding carboxylic acids is 1. The van der Waals surface area contributed by atoms with E-state index in [0.29, 0.717) is 15.6 Å². The summed E-state index contributed by atoms with van der Waals surface area (Å²) >= 11 is 12.1. The Hall–Kier alpha value is -0.770. The maximum Gasteiger partial charge on any atom is 0.312 e. The van der Waals surface area contributed by atoms with Crippen molar-refractivity contribution in [1.82, 2.24) is 0 Å². The van der Waals surface area contributed by atoms with E-state index < -0.39 is 18.0 Å². The molecule has 0 fully saturated rings. The number of aliphatic hydroxyl groups excluding tert-OH is 1. The maximum atomic E-state index is 12.0. The van der Waals surface area contributed by atoms with Gasteiger partial charge in [-0.2, -0.15) is 0 Å². The van der Waals surface area contributed by atoms with Gasteiger partial charge in [0, 0.05) is 15.6 Å². The molecule has 106 valence electrons. The van der Waals surface area contributed by atoms with Crippen LogP contribution in [0.15, 0.2) is 18.2 Å². The van der Waals surface area contributed by atoms with Crippen LogP contribution in [-0.4, -0.2) is 17.7 Å². The molecule has 19 heavy (non-hydrogen) atoms. The topological polar surface area (TPSA) is 46.5 Å². The Labute approximate surface area is 123 Å². The predicted octanol–water partition coefficient (Wildman–Crippen LogP) is 3.86. The van der Waals surface area contributed by atoms with Crippen LogP contribution in [0.2, 0.25) is 10.0 Å². The third-order valence-electron chi connectivity index (χ3n) is 2.91. The predicted molar refractivity (Wildman–Crippen MR) is 76.4 cm³/mol. The summed E-state index contributed by atoms with van der Waals surface area (Å²) in [6.07, 6.45) is -1.08. The van der Waals surface area contributed by atoms with E-state index in [1.54, 1.807) is 25.1 Å². The normalized spacial score (nSPS) is 14.3. The zero-order valence-corrected chi connectivity index (χ0v) is 12.7. The van der Waals surface area contributed by atoms with Crippen molar-refractivity contribution in [2.45, 2.75) is 26.9 Å². The molecule has 1 aromatic rings. The number of rotatable bonds is 5. The summed E-state index contributed by atoms with van der Waals surface area (Å²) in [4.78, 5) is 12.0. The summed E-state index contributed by atoms with van der Waals surface area (Å²) < 4.78 is 5.00. The van der Waals surface area contributed by atoms with E-state index in [-0.39, 0.29) is 12.5 Å². The molecule has 1 N–H and O–H groups in total. The van der Waals surface area contributed by atoms with Gasteiger partial charge in [-0.1, -0.05) is 43.1 Å². The van der Waals surface area contributed by atoms with Crippen LogP contribution in [0.3, 0.4) is 0 Å². The van der Waals surface area contributed by atoms with Gasteiger partial charge < -0.3 is 9.84 Å². The van der Waals surface area contributed by atoms with E-state index in [1.807, 2.05) is 13.8 Å². The highest BCUT2D eigenvalue weighted by atomic mass is 35.5. The minimum absolute atomic E-state index is 0.0959. The Morgan fingerprint density at radius 1 is 1.32 bits per heavy atom. The Balaban J connectivity index is 3.13. The lowest BCUT2D eigenvalue weighted by Crippen LogP contribution is -2.29. The summed E-state index contributed by atoms with van der Waals surface area (Å²) in [5, 5.41) is 11.1. The average molecular weight is 305 g/mol. The first kappa shape index (κ1) is 16.3. The molecule has 0 saturated heterocycles. The zero-order chi connectivity index (χ0) is 14.6. The lowest BCUT2D eigenvalue weighted by Gasteiger charge is -2.26. The Bertz CT molecular complexity index is 426. The summed E-state index contributed by atoms with van der Waals surface area (Å²) in [6, 6.07) is 4.96. The molecule has 1 aromatic carbocycles. The maximum absolute atomic E-state index is 12.0. The van der Waals surface area contributed by atoms with Crippen LogP contribution in [0, 0.1) is 11.8 Å². The van der Waals surface area contributed by atoms with Crippen LogP contribution in [0.1, 0.15) is 32.4 Å². The number of hydrogen-bond acceptors (Lipinski definition) is 3. The fourth-order valence-electron chi connectivity index (χ4n) is 1.98. The number of ether oxygens (including phenoxy) is 1. The minimum Gasteiger partial charge on any atom is -0.466 e. The molecule has 0 amide bonds. The van der Waals surface area contributed by atoms with Crippen molar-refractivity contribution in [3.8, 4) is 0 Å². The molecule has 0 bridgehead atoms. The molecule has 1 rings (SSSR count). The summed E-state index contributed by atoms with van der Waals surface area (Å²) in [7, 11) is 0. The van der Waals surface area contributed by atoms with Gasteiger partial charge in [-0.3, -0.25) is 4.79 Å². The number of aliphatic hydroxyl groups is 1. The molecule has 0 aliphatic heterocycles. The first-order valence-corrected chi connectivity index (χ1v) is 6.94. The van der Waals surface area contributed by atoms with E-state index in [9.17, 15) is 9.90 Å². The first-order chi connectivity index (χ1) is 8.90. The molecule has 0 aromatic heterocycles. The van der Waals surface area contributed by atoms with E-state index in [1.165, 1.54) is 0 Å². The van der Waals surface area contributed by atoms with Crippen molar-refractivity contribution >= 4 is 29.2 Å². The number of hydrogen-bond donors (Lipinski definition) is 1. The molecule has 5 heteroatoms. The number of halogens is 2. The molecular weight excluding hydrogens is 287 g/mol. The summed E-state index contributed by atoms with van der Waals surface area (Å²) in [5.74, 6) is -1.24. The van der Waals surface area contributed by atoms with Crippen molar-refractivity contribution < 1.29 is 14.6 Å².